The molecule has 3 rings (SSSR count). The summed E-state index contributed by atoms with van der Waals surface area (Å²) in [5.74, 6) is 0. The lowest BCUT2D eigenvalue weighted by Crippen LogP contribution is -2.28. The summed E-state index contributed by atoms with van der Waals surface area (Å²) in [6, 6.07) is 11.1. The van der Waals surface area contributed by atoms with Crippen molar-refractivity contribution >= 4 is 27.5 Å². The Hall–Kier alpha value is -1.90. The van der Waals surface area contributed by atoms with Gasteiger partial charge in [-0.3, -0.25) is 0 Å². The topological polar surface area (TPSA) is 84.5 Å². The molecule has 1 heterocycles. The predicted octanol–water partition coefficient (Wildman–Crippen LogP) is 2.62. The molecule has 8 heteroatoms. The smallest absolute Gasteiger partial charge is 0.407 e. The molecular formula is C16H18N2O4S2. The molecule has 1 aliphatic rings. The van der Waals surface area contributed by atoms with Gasteiger partial charge in [0.05, 0.1) is 0 Å². The van der Waals surface area contributed by atoms with Gasteiger partial charge in [-0.15, -0.1) is 11.3 Å². The van der Waals surface area contributed by atoms with E-state index in [-0.39, 0.29) is 23.4 Å². The van der Waals surface area contributed by atoms with Crippen LogP contribution in [0.5, 0.6) is 0 Å². The molecule has 0 saturated heterocycles. The summed E-state index contributed by atoms with van der Waals surface area (Å²) in [6.07, 6.45) is 1.18. The first-order valence-corrected chi connectivity index (χ1v) is 9.94. The van der Waals surface area contributed by atoms with Crippen LogP contribution in [0.15, 0.2) is 46.0 Å². The molecule has 0 atom stereocenters. The van der Waals surface area contributed by atoms with Crippen LogP contribution in [0.2, 0.25) is 0 Å². The largest absolute Gasteiger partial charge is 0.445 e. The van der Waals surface area contributed by atoms with Gasteiger partial charge in [0, 0.05) is 18.2 Å². The van der Waals surface area contributed by atoms with Gasteiger partial charge < -0.3 is 10.1 Å². The molecule has 0 radical (unpaired) electrons. The number of nitrogens with one attached hydrogen (secondary N) is 2. The van der Waals surface area contributed by atoms with Crippen molar-refractivity contribution in [1.29, 1.82) is 0 Å². The molecule has 128 valence electrons. The zero-order chi connectivity index (χ0) is 17.0. The van der Waals surface area contributed by atoms with E-state index in [9.17, 15) is 13.2 Å². The molecule has 2 aromatic rings. The van der Waals surface area contributed by atoms with Gasteiger partial charge in [0.25, 0.3) is 10.0 Å². The summed E-state index contributed by atoms with van der Waals surface area (Å²) in [6.45, 7) is 0.280. The lowest BCUT2D eigenvalue weighted by Gasteiger charge is -2.09. The van der Waals surface area contributed by atoms with Gasteiger partial charge in [0.2, 0.25) is 0 Å². The Morgan fingerprint density at radius 3 is 2.67 bits per heavy atom. The number of sulfonamides is 1. The Labute approximate surface area is 144 Å². The maximum Gasteiger partial charge on any atom is 0.407 e. The first-order chi connectivity index (χ1) is 11.5. The maximum atomic E-state index is 12.3. The van der Waals surface area contributed by atoms with Crippen molar-refractivity contribution in [3.8, 4) is 0 Å². The third-order valence-electron chi connectivity index (χ3n) is 3.49. The summed E-state index contributed by atoms with van der Waals surface area (Å²) >= 11 is 1.15. The van der Waals surface area contributed by atoms with E-state index < -0.39 is 16.1 Å². The standard InChI is InChI=1S/C16H18N2O4S2/c19-16(22-11-12-4-2-1-3-5-12)17-10-13-8-9-23-15(13)24(20,21)18-14-6-7-14/h1-5,8-9,14,18H,6-7,10-11H2,(H,17,19). The minimum absolute atomic E-state index is 0.0498. The molecule has 0 aliphatic heterocycles. The fourth-order valence-electron chi connectivity index (χ4n) is 2.10. The van der Waals surface area contributed by atoms with Crippen molar-refractivity contribution < 1.29 is 17.9 Å². The van der Waals surface area contributed by atoms with Gasteiger partial charge in [0.1, 0.15) is 10.8 Å². The van der Waals surface area contributed by atoms with Crippen LogP contribution in [-0.2, 0) is 27.9 Å². The van der Waals surface area contributed by atoms with E-state index in [0.29, 0.717) is 5.56 Å². The van der Waals surface area contributed by atoms with Gasteiger partial charge in [-0.05, 0) is 29.9 Å². The third kappa shape index (κ3) is 4.56. The van der Waals surface area contributed by atoms with Crippen molar-refractivity contribution in [2.45, 2.75) is 36.2 Å². The molecule has 2 N–H and O–H groups in total. The van der Waals surface area contributed by atoms with Gasteiger partial charge in [0.15, 0.2) is 0 Å². The summed E-state index contributed by atoms with van der Waals surface area (Å²) in [5.41, 5.74) is 1.45. The van der Waals surface area contributed by atoms with Crippen molar-refractivity contribution in [3.63, 3.8) is 0 Å². The lowest BCUT2D eigenvalue weighted by molar-refractivity contribution is 0.139. The van der Waals surface area contributed by atoms with Crippen LogP contribution >= 0.6 is 11.3 Å². The maximum absolute atomic E-state index is 12.3. The zero-order valence-electron chi connectivity index (χ0n) is 12.9. The second-order valence-corrected chi connectivity index (χ2v) is 8.37. The first kappa shape index (κ1) is 16.9. The summed E-state index contributed by atoms with van der Waals surface area (Å²) in [4.78, 5) is 11.8. The molecule has 24 heavy (non-hydrogen) atoms. The number of hydrogen-bond acceptors (Lipinski definition) is 5. The normalized spacial score (nSPS) is 14.3. The molecule has 1 aromatic carbocycles. The molecule has 1 fully saturated rings. The van der Waals surface area contributed by atoms with Crippen LogP contribution in [0.4, 0.5) is 4.79 Å². The van der Waals surface area contributed by atoms with Gasteiger partial charge in [-0.2, -0.15) is 0 Å². The molecule has 0 unspecified atom stereocenters. The van der Waals surface area contributed by atoms with E-state index in [1.807, 2.05) is 30.3 Å². The van der Waals surface area contributed by atoms with Crippen LogP contribution in [-0.4, -0.2) is 20.6 Å². The minimum Gasteiger partial charge on any atom is -0.445 e. The second-order valence-electron chi connectivity index (χ2n) is 5.54. The van der Waals surface area contributed by atoms with Crippen LogP contribution in [0.3, 0.4) is 0 Å². The quantitative estimate of drug-likeness (QED) is 0.789. The Morgan fingerprint density at radius 2 is 1.96 bits per heavy atom. The summed E-state index contributed by atoms with van der Waals surface area (Å²) < 4.78 is 32.6. The lowest BCUT2D eigenvalue weighted by atomic mass is 10.2. The zero-order valence-corrected chi connectivity index (χ0v) is 14.5. The van der Waals surface area contributed by atoms with Crippen molar-refractivity contribution in [3.05, 3.63) is 52.9 Å². The van der Waals surface area contributed by atoms with Gasteiger partial charge in [-0.1, -0.05) is 30.3 Å². The average Bonchev–Trinajstić information content (AvgIpc) is 3.23. The average molecular weight is 366 g/mol. The van der Waals surface area contributed by atoms with Crippen LogP contribution in [0, 0.1) is 0 Å². The molecule has 0 bridgehead atoms. The number of thiophene rings is 1. The van der Waals surface area contributed by atoms with Crippen molar-refractivity contribution in [1.82, 2.24) is 10.0 Å². The molecule has 1 saturated carbocycles. The number of benzene rings is 1. The fraction of sp³-hybridized carbons (Fsp3) is 0.312. The highest BCUT2D eigenvalue weighted by Gasteiger charge is 2.30. The molecule has 1 aromatic heterocycles. The number of carbonyl (C=O) groups excluding carboxylic acids is 1. The molecule has 1 aliphatic carbocycles. The fourth-order valence-corrected chi connectivity index (χ4v) is 4.84. The predicted molar refractivity (Wildman–Crippen MR) is 91.1 cm³/mol. The molecular weight excluding hydrogens is 348 g/mol. The number of ether oxygens (including phenoxy) is 1. The van der Waals surface area contributed by atoms with Crippen LogP contribution < -0.4 is 10.0 Å². The van der Waals surface area contributed by atoms with E-state index in [2.05, 4.69) is 10.0 Å². The summed E-state index contributed by atoms with van der Waals surface area (Å²) in [5, 5.41) is 4.29. The van der Waals surface area contributed by atoms with E-state index in [0.717, 1.165) is 29.7 Å². The second kappa shape index (κ2) is 7.33. The van der Waals surface area contributed by atoms with Gasteiger partial charge >= 0.3 is 6.09 Å². The van der Waals surface area contributed by atoms with E-state index in [4.69, 9.17) is 4.74 Å². The first-order valence-electron chi connectivity index (χ1n) is 7.58. The SMILES string of the molecule is O=C(NCc1ccsc1S(=O)(=O)NC1CC1)OCc1ccccc1. The number of hydrogen-bond donors (Lipinski definition) is 2. The number of alkyl carbamates (subject to hydrolysis) is 1. The van der Waals surface area contributed by atoms with Crippen LogP contribution in [0.1, 0.15) is 24.0 Å². The van der Waals surface area contributed by atoms with Gasteiger partial charge in [-0.25, -0.2) is 17.9 Å². The number of rotatable bonds is 7. The Bertz CT molecular complexity index is 798. The van der Waals surface area contributed by atoms with Crippen LogP contribution in [0.25, 0.3) is 0 Å². The number of carbonyl (C=O) groups is 1. The Kier molecular flexibility index (Phi) is 5.17. The molecule has 6 nitrogen and oxygen atoms in total. The number of amides is 1. The van der Waals surface area contributed by atoms with E-state index in [1.54, 1.807) is 11.4 Å². The highest BCUT2D eigenvalue weighted by atomic mass is 32.2. The Balaban J connectivity index is 1.53. The van der Waals surface area contributed by atoms with E-state index in [1.165, 1.54) is 0 Å². The highest BCUT2D eigenvalue weighted by Crippen LogP contribution is 2.27. The summed E-state index contributed by atoms with van der Waals surface area (Å²) in [7, 11) is -3.51. The molecule has 1 amide bonds. The van der Waals surface area contributed by atoms with E-state index >= 15 is 0 Å². The minimum atomic E-state index is -3.51. The molecule has 0 spiro atoms. The van der Waals surface area contributed by atoms with Crippen molar-refractivity contribution in [2.24, 2.45) is 0 Å². The third-order valence-corrected chi connectivity index (χ3v) is 6.57. The Morgan fingerprint density at radius 1 is 1.21 bits per heavy atom. The van der Waals surface area contributed by atoms with Crippen molar-refractivity contribution in [2.75, 3.05) is 0 Å². The monoisotopic (exact) mass is 366 g/mol. The highest BCUT2D eigenvalue weighted by molar-refractivity contribution is 7.91.